The lowest BCUT2D eigenvalue weighted by Gasteiger charge is -2.28. The van der Waals surface area contributed by atoms with E-state index >= 15 is 0 Å². The molecule has 0 fully saturated rings. The molecule has 1 N–H and O–H groups in total. The summed E-state index contributed by atoms with van der Waals surface area (Å²) in [6.07, 6.45) is 4.83. The van der Waals surface area contributed by atoms with Gasteiger partial charge in [0.25, 0.3) is 0 Å². The minimum absolute atomic E-state index is 0.368. The van der Waals surface area contributed by atoms with Gasteiger partial charge in [-0.3, -0.25) is 4.90 Å². The van der Waals surface area contributed by atoms with E-state index in [9.17, 15) is 0 Å². The molecule has 2 aromatic carbocycles. The summed E-state index contributed by atoms with van der Waals surface area (Å²) in [5.74, 6) is 0. The van der Waals surface area contributed by atoms with Gasteiger partial charge in [0, 0.05) is 29.3 Å². The van der Waals surface area contributed by atoms with Crippen LogP contribution in [-0.2, 0) is 0 Å². The monoisotopic (exact) mass is 307 g/mol. The van der Waals surface area contributed by atoms with E-state index in [0.717, 1.165) is 11.2 Å². The number of benzene rings is 2. The molecule has 23 heavy (non-hydrogen) atoms. The summed E-state index contributed by atoms with van der Waals surface area (Å²) in [5.41, 5.74) is 4.51. The van der Waals surface area contributed by atoms with Crippen LogP contribution in [0.1, 0.15) is 26.3 Å². The maximum atomic E-state index is 6.25. The summed E-state index contributed by atoms with van der Waals surface area (Å²) >= 11 is 0. The molecule has 2 heterocycles. The zero-order chi connectivity index (χ0) is 16.1. The topological polar surface area (TPSA) is 20.8 Å². The number of aryl methyl sites for hydroxylation is 1. The molecule has 3 aromatic rings. The van der Waals surface area contributed by atoms with Gasteiger partial charge >= 0.3 is 0 Å². The summed E-state index contributed by atoms with van der Waals surface area (Å²) in [7, 11) is 0. The number of nitrogens with one attached hydrogen (secondary N) is 1. The highest BCUT2D eigenvalue weighted by Crippen LogP contribution is 2.34. The lowest BCUT2D eigenvalue weighted by Crippen LogP contribution is -3.06. The van der Waals surface area contributed by atoms with Crippen LogP contribution in [0.3, 0.4) is 0 Å². The molecule has 0 amide bonds. The molecule has 0 saturated heterocycles. The van der Waals surface area contributed by atoms with Gasteiger partial charge in [-0.05, 0) is 32.9 Å². The van der Waals surface area contributed by atoms with Crippen molar-refractivity contribution in [1.29, 1.82) is 0 Å². The summed E-state index contributed by atoms with van der Waals surface area (Å²) in [4.78, 5) is 3.75. The Bertz CT molecular complexity index is 907. The second kappa shape index (κ2) is 5.14. The molecule has 0 spiro atoms. The number of nitrogens with zero attached hydrogens (tertiary/aromatic N) is 1. The number of hydrogen-bond donors (Lipinski definition) is 1. The van der Waals surface area contributed by atoms with Crippen molar-refractivity contribution in [1.82, 2.24) is 4.90 Å². The molecular weight excluding hydrogens is 284 g/mol. The van der Waals surface area contributed by atoms with Crippen LogP contribution in [0.25, 0.3) is 21.9 Å². The van der Waals surface area contributed by atoms with Crippen molar-refractivity contribution in [3.8, 4) is 0 Å². The first-order valence-electron chi connectivity index (χ1n) is 8.31. The smallest absolute Gasteiger partial charge is 0.196 e. The quantitative estimate of drug-likeness (QED) is 0.774. The molecule has 2 unspecified atom stereocenters. The van der Waals surface area contributed by atoms with E-state index in [1.165, 1.54) is 26.9 Å². The molecule has 0 aliphatic carbocycles. The van der Waals surface area contributed by atoms with Gasteiger partial charge in [-0.1, -0.05) is 24.3 Å². The van der Waals surface area contributed by atoms with E-state index in [1.54, 1.807) is 0 Å². The van der Waals surface area contributed by atoms with Gasteiger partial charge < -0.3 is 9.32 Å². The number of hydrogen-bond acceptors (Lipinski definition) is 2. The van der Waals surface area contributed by atoms with E-state index in [2.05, 4.69) is 69.3 Å². The van der Waals surface area contributed by atoms with Gasteiger partial charge in [0.2, 0.25) is 0 Å². The van der Waals surface area contributed by atoms with Crippen LogP contribution in [0.5, 0.6) is 0 Å². The van der Waals surface area contributed by atoms with E-state index in [0.29, 0.717) is 12.2 Å². The molecule has 2 atom stereocenters. The van der Waals surface area contributed by atoms with Crippen molar-refractivity contribution in [2.45, 2.75) is 39.9 Å². The van der Waals surface area contributed by atoms with Crippen LogP contribution in [0.2, 0.25) is 0 Å². The summed E-state index contributed by atoms with van der Waals surface area (Å²) in [6.45, 7) is 8.92. The minimum atomic E-state index is 0.368. The van der Waals surface area contributed by atoms with Crippen LogP contribution in [0, 0.1) is 6.92 Å². The lowest BCUT2D eigenvalue weighted by molar-refractivity contribution is -0.807. The van der Waals surface area contributed by atoms with Gasteiger partial charge in [-0.25, -0.2) is 0 Å². The fourth-order valence-corrected chi connectivity index (χ4v) is 3.75. The molecule has 0 bridgehead atoms. The SMILES string of the molecule is Cc1ccc2c(oc3ccccc32)c1[NH+]1C=CN(C(C)C)C1C. The number of furan rings is 1. The van der Waals surface area contributed by atoms with Gasteiger partial charge in [0.15, 0.2) is 17.4 Å². The summed E-state index contributed by atoms with van der Waals surface area (Å²) in [6, 6.07) is 13.2. The zero-order valence-corrected chi connectivity index (χ0v) is 14.1. The molecule has 4 rings (SSSR count). The van der Waals surface area contributed by atoms with Crippen molar-refractivity contribution in [2.24, 2.45) is 0 Å². The van der Waals surface area contributed by atoms with Gasteiger partial charge in [-0.2, -0.15) is 0 Å². The van der Waals surface area contributed by atoms with E-state index in [4.69, 9.17) is 4.42 Å². The first-order chi connectivity index (χ1) is 11.1. The van der Waals surface area contributed by atoms with Gasteiger partial charge in [0.1, 0.15) is 11.8 Å². The van der Waals surface area contributed by atoms with Crippen LogP contribution < -0.4 is 4.90 Å². The Balaban J connectivity index is 1.93. The van der Waals surface area contributed by atoms with Crippen molar-refractivity contribution >= 4 is 27.6 Å². The molecule has 1 aliphatic rings. The molecule has 1 aliphatic heterocycles. The standard InChI is InChI=1S/C20H22N2O/c1-13(2)21-11-12-22(15(21)4)19-14(3)9-10-17-16-7-5-6-8-18(16)23-20(17)19/h5-13,15H,1-4H3/p+1. The Morgan fingerprint density at radius 3 is 2.61 bits per heavy atom. The molecule has 3 nitrogen and oxygen atoms in total. The highest BCUT2D eigenvalue weighted by atomic mass is 16.3. The van der Waals surface area contributed by atoms with Crippen LogP contribution >= 0.6 is 0 Å². The summed E-state index contributed by atoms with van der Waals surface area (Å²) < 4.78 is 6.25. The molecule has 0 saturated carbocycles. The van der Waals surface area contributed by atoms with Crippen molar-refractivity contribution in [3.05, 3.63) is 54.4 Å². The second-order valence-corrected chi connectivity index (χ2v) is 6.72. The predicted molar refractivity (Wildman–Crippen MR) is 94.7 cm³/mol. The normalized spacial score (nSPS) is 21.2. The number of rotatable bonds is 2. The minimum Gasteiger partial charge on any atom is -0.450 e. The van der Waals surface area contributed by atoms with E-state index < -0.39 is 0 Å². The molecule has 3 heteroatoms. The average molecular weight is 307 g/mol. The summed E-state index contributed by atoms with van der Waals surface area (Å²) in [5, 5.41) is 2.40. The second-order valence-electron chi connectivity index (χ2n) is 6.72. The Morgan fingerprint density at radius 1 is 1.09 bits per heavy atom. The Kier molecular flexibility index (Phi) is 3.20. The van der Waals surface area contributed by atoms with Crippen LogP contribution in [0.4, 0.5) is 5.69 Å². The Hall–Kier alpha value is -2.26. The number of fused-ring (bicyclic) bond motifs is 3. The fourth-order valence-electron chi connectivity index (χ4n) is 3.75. The van der Waals surface area contributed by atoms with Crippen molar-refractivity contribution in [2.75, 3.05) is 0 Å². The lowest BCUT2D eigenvalue weighted by atomic mass is 10.1. The Morgan fingerprint density at radius 2 is 1.87 bits per heavy atom. The predicted octanol–water partition coefficient (Wildman–Crippen LogP) is 3.95. The maximum Gasteiger partial charge on any atom is 0.196 e. The molecule has 1 aromatic heterocycles. The van der Waals surface area contributed by atoms with Crippen LogP contribution in [-0.4, -0.2) is 17.1 Å². The van der Waals surface area contributed by atoms with Gasteiger partial charge in [-0.15, -0.1) is 0 Å². The third-order valence-electron chi connectivity index (χ3n) is 4.96. The highest BCUT2D eigenvalue weighted by molar-refractivity contribution is 6.08. The zero-order valence-electron chi connectivity index (χ0n) is 14.1. The van der Waals surface area contributed by atoms with E-state index in [-0.39, 0.29) is 0 Å². The third-order valence-corrected chi connectivity index (χ3v) is 4.96. The largest absolute Gasteiger partial charge is 0.450 e. The highest BCUT2D eigenvalue weighted by Gasteiger charge is 2.33. The molecular formula is C20H23N2O+. The van der Waals surface area contributed by atoms with Crippen molar-refractivity contribution < 1.29 is 9.32 Å². The molecule has 118 valence electrons. The fraction of sp³-hybridized carbons (Fsp3) is 0.300. The van der Waals surface area contributed by atoms with Crippen molar-refractivity contribution in [3.63, 3.8) is 0 Å². The average Bonchev–Trinajstić information content (AvgIpc) is 3.08. The first kappa shape index (κ1) is 14.3. The third kappa shape index (κ3) is 2.07. The number of para-hydroxylation sites is 1. The van der Waals surface area contributed by atoms with Gasteiger partial charge in [0.05, 0.1) is 6.20 Å². The Labute approximate surface area is 136 Å². The molecule has 0 radical (unpaired) electrons. The maximum absolute atomic E-state index is 6.25. The van der Waals surface area contributed by atoms with E-state index in [1.807, 2.05) is 12.1 Å². The van der Waals surface area contributed by atoms with Crippen LogP contribution in [0.15, 0.2) is 53.2 Å². The number of quaternary nitrogens is 1. The first-order valence-corrected chi connectivity index (χ1v) is 8.31.